The minimum atomic E-state index is 0.700. The molecule has 62 valence electrons. The second-order valence-electron chi connectivity index (χ2n) is 3.29. The number of halogens is 1. The van der Waals surface area contributed by atoms with Crippen LogP contribution in [0.4, 0.5) is 0 Å². The van der Waals surface area contributed by atoms with E-state index in [1.54, 1.807) is 0 Å². The second-order valence-corrected chi connectivity index (χ2v) is 3.73. The lowest BCUT2D eigenvalue weighted by Crippen LogP contribution is -1.79. The van der Waals surface area contributed by atoms with Gasteiger partial charge in [-0.25, -0.2) is 0 Å². The molecule has 0 bridgehead atoms. The Morgan fingerprint density at radius 2 is 2.00 bits per heavy atom. The molecule has 12 heavy (non-hydrogen) atoms. The molecule has 0 amide bonds. The van der Waals surface area contributed by atoms with Crippen LogP contribution in [0.3, 0.4) is 0 Å². The van der Waals surface area contributed by atoms with Gasteiger partial charge in [-0.1, -0.05) is 29.8 Å². The van der Waals surface area contributed by atoms with Gasteiger partial charge in [-0.3, -0.25) is 0 Å². The summed E-state index contributed by atoms with van der Waals surface area (Å²) in [5.74, 6) is 1.41. The van der Waals surface area contributed by atoms with E-state index in [1.807, 2.05) is 18.2 Å². The molecule has 0 aliphatic heterocycles. The maximum atomic E-state index is 5.79. The summed E-state index contributed by atoms with van der Waals surface area (Å²) in [6, 6.07) is 8.12. The quantitative estimate of drug-likeness (QED) is 0.607. The molecule has 0 heterocycles. The highest BCUT2D eigenvalue weighted by Crippen LogP contribution is 2.48. The Labute approximate surface area is 77.9 Å². The number of rotatable bonds is 2. The van der Waals surface area contributed by atoms with Gasteiger partial charge in [0.05, 0.1) is 0 Å². The van der Waals surface area contributed by atoms with Gasteiger partial charge in [0.25, 0.3) is 0 Å². The van der Waals surface area contributed by atoms with Gasteiger partial charge in [-0.05, 0) is 36.0 Å². The zero-order valence-electron chi connectivity index (χ0n) is 6.83. The fourth-order valence-electron chi connectivity index (χ4n) is 1.57. The fraction of sp³-hybridized carbons (Fsp3) is 0.273. The summed E-state index contributed by atoms with van der Waals surface area (Å²) in [5, 5.41) is 0.814. The number of benzene rings is 1. The van der Waals surface area contributed by atoms with Crippen LogP contribution in [-0.2, 0) is 0 Å². The van der Waals surface area contributed by atoms with Crippen LogP contribution in [-0.4, -0.2) is 0 Å². The third-order valence-corrected chi connectivity index (χ3v) is 2.69. The van der Waals surface area contributed by atoms with E-state index in [-0.39, 0.29) is 0 Å². The Bertz CT molecular complexity index is 286. The molecule has 0 nitrogen and oxygen atoms in total. The highest BCUT2D eigenvalue weighted by molar-refractivity contribution is 6.30. The Morgan fingerprint density at radius 1 is 1.33 bits per heavy atom. The molecule has 0 radical (unpaired) electrons. The molecule has 1 aliphatic rings. The third kappa shape index (κ3) is 1.39. The lowest BCUT2D eigenvalue weighted by atomic mass is 10.1. The topological polar surface area (TPSA) is 0 Å². The van der Waals surface area contributed by atoms with Crippen LogP contribution < -0.4 is 0 Å². The number of hydrogen-bond donors (Lipinski definition) is 0. The first-order valence-corrected chi connectivity index (χ1v) is 4.57. The Balaban J connectivity index is 2.15. The molecular weight excluding hydrogens is 168 g/mol. The van der Waals surface area contributed by atoms with Crippen LogP contribution >= 0.6 is 11.6 Å². The zero-order chi connectivity index (χ0) is 8.55. The Hall–Kier alpha value is -0.750. The van der Waals surface area contributed by atoms with E-state index < -0.39 is 0 Å². The van der Waals surface area contributed by atoms with Crippen LogP contribution in [0.5, 0.6) is 0 Å². The molecule has 1 aromatic rings. The van der Waals surface area contributed by atoms with Gasteiger partial charge in [-0.2, -0.15) is 0 Å². The Morgan fingerprint density at radius 3 is 2.50 bits per heavy atom. The van der Waals surface area contributed by atoms with E-state index in [0.29, 0.717) is 11.8 Å². The molecule has 1 saturated carbocycles. The molecule has 1 heteroatoms. The molecule has 1 fully saturated rings. The average molecular weight is 179 g/mol. The summed E-state index contributed by atoms with van der Waals surface area (Å²) < 4.78 is 0. The molecule has 0 unspecified atom stereocenters. The third-order valence-electron chi connectivity index (χ3n) is 2.44. The van der Waals surface area contributed by atoms with Crippen molar-refractivity contribution in [3.63, 3.8) is 0 Å². The molecule has 0 saturated heterocycles. The monoisotopic (exact) mass is 178 g/mol. The van der Waals surface area contributed by atoms with E-state index >= 15 is 0 Å². The van der Waals surface area contributed by atoms with E-state index in [4.69, 9.17) is 11.6 Å². The van der Waals surface area contributed by atoms with Crippen molar-refractivity contribution in [1.82, 2.24) is 0 Å². The van der Waals surface area contributed by atoms with E-state index in [1.165, 1.54) is 12.0 Å². The summed E-state index contributed by atoms with van der Waals surface area (Å²) in [6.45, 7) is 3.79. The molecular formula is C11H11Cl. The van der Waals surface area contributed by atoms with Crippen molar-refractivity contribution in [2.24, 2.45) is 5.92 Å². The maximum absolute atomic E-state index is 5.79. The van der Waals surface area contributed by atoms with Gasteiger partial charge < -0.3 is 0 Å². The van der Waals surface area contributed by atoms with Gasteiger partial charge in [0.1, 0.15) is 0 Å². The minimum Gasteiger partial charge on any atom is -0.103 e. The molecule has 1 aromatic carbocycles. The SMILES string of the molecule is C=C[C@H]1C[C@@H]1c1ccc(Cl)cc1. The first kappa shape index (κ1) is 7.88. The molecule has 0 N–H and O–H groups in total. The molecule has 0 aromatic heterocycles. The largest absolute Gasteiger partial charge is 0.103 e. The second kappa shape index (κ2) is 2.95. The number of hydrogen-bond acceptors (Lipinski definition) is 0. The van der Waals surface area contributed by atoms with Crippen molar-refractivity contribution in [3.8, 4) is 0 Å². The lowest BCUT2D eigenvalue weighted by molar-refractivity contribution is 1.01. The summed E-state index contributed by atoms with van der Waals surface area (Å²) in [4.78, 5) is 0. The predicted molar refractivity (Wildman–Crippen MR) is 52.5 cm³/mol. The van der Waals surface area contributed by atoms with Crippen LogP contribution in [0, 0.1) is 5.92 Å². The van der Waals surface area contributed by atoms with Crippen molar-refractivity contribution in [1.29, 1.82) is 0 Å². The molecule has 2 atom stereocenters. The smallest absolute Gasteiger partial charge is 0.0406 e. The average Bonchev–Trinajstić information content (AvgIpc) is 2.85. The van der Waals surface area contributed by atoms with E-state index in [2.05, 4.69) is 18.7 Å². The normalized spacial score (nSPS) is 26.8. The standard InChI is InChI=1S/C11H11Cl/c1-2-8-7-11(8)9-3-5-10(12)6-4-9/h2-6,8,11H,1,7H2/t8-,11-/m0/s1. The number of allylic oxidation sites excluding steroid dienone is 1. The van der Waals surface area contributed by atoms with Crippen LogP contribution in [0.25, 0.3) is 0 Å². The van der Waals surface area contributed by atoms with E-state index in [0.717, 1.165) is 5.02 Å². The van der Waals surface area contributed by atoms with Gasteiger partial charge in [0.15, 0.2) is 0 Å². The van der Waals surface area contributed by atoms with Crippen LogP contribution in [0.2, 0.25) is 5.02 Å². The lowest BCUT2D eigenvalue weighted by Gasteiger charge is -1.97. The summed E-state index contributed by atoms with van der Waals surface area (Å²) in [6.07, 6.45) is 3.30. The minimum absolute atomic E-state index is 0.700. The van der Waals surface area contributed by atoms with Gasteiger partial charge in [0, 0.05) is 5.02 Å². The highest BCUT2D eigenvalue weighted by Gasteiger charge is 2.35. The highest BCUT2D eigenvalue weighted by atomic mass is 35.5. The van der Waals surface area contributed by atoms with Gasteiger partial charge in [-0.15, -0.1) is 6.58 Å². The zero-order valence-corrected chi connectivity index (χ0v) is 7.59. The Kier molecular flexibility index (Phi) is 1.93. The predicted octanol–water partition coefficient (Wildman–Crippen LogP) is 3.63. The van der Waals surface area contributed by atoms with Gasteiger partial charge in [0.2, 0.25) is 0 Å². The van der Waals surface area contributed by atoms with Crippen molar-refractivity contribution in [2.45, 2.75) is 12.3 Å². The fourth-order valence-corrected chi connectivity index (χ4v) is 1.69. The van der Waals surface area contributed by atoms with Crippen molar-refractivity contribution in [2.75, 3.05) is 0 Å². The molecule has 2 rings (SSSR count). The first-order valence-electron chi connectivity index (χ1n) is 4.19. The van der Waals surface area contributed by atoms with E-state index in [9.17, 15) is 0 Å². The maximum Gasteiger partial charge on any atom is 0.0406 e. The molecule has 0 spiro atoms. The summed E-state index contributed by atoms with van der Waals surface area (Å²) >= 11 is 5.79. The van der Waals surface area contributed by atoms with Crippen LogP contribution in [0.15, 0.2) is 36.9 Å². The molecule has 1 aliphatic carbocycles. The first-order chi connectivity index (χ1) is 5.81. The van der Waals surface area contributed by atoms with Crippen molar-refractivity contribution < 1.29 is 0 Å². The van der Waals surface area contributed by atoms with Gasteiger partial charge >= 0.3 is 0 Å². The van der Waals surface area contributed by atoms with Crippen molar-refractivity contribution in [3.05, 3.63) is 47.5 Å². The van der Waals surface area contributed by atoms with Crippen molar-refractivity contribution >= 4 is 11.6 Å². The summed E-state index contributed by atoms with van der Waals surface area (Å²) in [5.41, 5.74) is 1.39. The summed E-state index contributed by atoms with van der Waals surface area (Å²) in [7, 11) is 0. The van der Waals surface area contributed by atoms with Crippen LogP contribution in [0.1, 0.15) is 17.9 Å².